The third-order valence-electron chi connectivity index (χ3n) is 5.57. The summed E-state index contributed by atoms with van der Waals surface area (Å²) in [5.41, 5.74) is 2.18. The standard InChI is InChI=1S/C20H35NO2/c1-6-18(23-5)16(3)10-9-15(2)12-17-13-20(4,22)19-8-7-11-21(19)14-17/h10,12,15,18-19,22H,6-9,11,13-14H2,1-5H3/b16-10+,17-12-/t15-,18+,19-,20-/m0/s1. The molecule has 0 bridgehead atoms. The summed E-state index contributed by atoms with van der Waals surface area (Å²) in [4.78, 5) is 2.47. The van der Waals surface area contributed by atoms with Crippen molar-refractivity contribution >= 4 is 0 Å². The van der Waals surface area contributed by atoms with Crippen molar-refractivity contribution in [3.05, 3.63) is 23.3 Å². The van der Waals surface area contributed by atoms with Gasteiger partial charge in [0.05, 0.1) is 11.7 Å². The molecule has 2 saturated heterocycles. The average Bonchev–Trinajstić information content (AvgIpc) is 2.95. The van der Waals surface area contributed by atoms with Crippen LogP contribution in [0.25, 0.3) is 0 Å². The Morgan fingerprint density at radius 1 is 1.52 bits per heavy atom. The van der Waals surface area contributed by atoms with Gasteiger partial charge < -0.3 is 9.84 Å². The number of rotatable bonds is 6. The van der Waals surface area contributed by atoms with Gasteiger partial charge in [0.25, 0.3) is 0 Å². The molecule has 0 aromatic rings. The minimum Gasteiger partial charge on any atom is -0.388 e. The summed E-state index contributed by atoms with van der Waals surface area (Å²) in [7, 11) is 1.79. The number of fused-ring (bicyclic) bond motifs is 1. The van der Waals surface area contributed by atoms with Gasteiger partial charge in [-0.15, -0.1) is 0 Å². The second kappa shape index (κ2) is 7.96. The van der Waals surface area contributed by atoms with Crippen molar-refractivity contribution in [3.63, 3.8) is 0 Å². The topological polar surface area (TPSA) is 32.7 Å². The van der Waals surface area contributed by atoms with Crippen molar-refractivity contribution in [2.75, 3.05) is 20.2 Å². The van der Waals surface area contributed by atoms with E-state index < -0.39 is 5.60 Å². The lowest BCUT2D eigenvalue weighted by molar-refractivity contribution is -0.0330. The maximum Gasteiger partial charge on any atom is 0.0811 e. The van der Waals surface area contributed by atoms with E-state index in [1.54, 1.807) is 7.11 Å². The first-order valence-electron chi connectivity index (χ1n) is 9.22. The molecule has 23 heavy (non-hydrogen) atoms. The van der Waals surface area contributed by atoms with E-state index in [0.717, 1.165) is 38.8 Å². The van der Waals surface area contributed by atoms with E-state index in [1.165, 1.54) is 17.6 Å². The van der Waals surface area contributed by atoms with Gasteiger partial charge in [0.15, 0.2) is 0 Å². The van der Waals surface area contributed by atoms with Crippen molar-refractivity contribution in [3.8, 4) is 0 Å². The molecule has 2 rings (SSSR count). The van der Waals surface area contributed by atoms with Crippen LogP contribution in [0.15, 0.2) is 23.3 Å². The highest BCUT2D eigenvalue weighted by atomic mass is 16.5. The molecule has 2 fully saturated rings. The number of allylic oxidation sites excluding steroid dienone is 2. The maximum absolute atomic E-state index is 10.8. The molecule has 132 valence electrons. The Kier molecular flexibility index (Phi) is 6.47. The zero-order valence-corrected chi connectivity index (χ0v) is 15.6. The van der Waals surface area contributed by atoms with Crippen LogP contribution in [-0.4, -0.2) is 48.0 Å². The number of ether oxygens (including phenoxy) is 1. The predicted octanol–water partition coefficient (Wildman–Crippen LogP) is 3.93. The summed E-state index contributed by atoms with van der Waals surface area (Å²) < 4.78 is 5.49. The molecule has 0 radical (unpaired) electrons. The Hall–Kier alpha value is -0.640. The van der Waals surface area contributed by atoms with Crippen LogP contribution in [0.1, 0.15) is 59.8 Å². The molecule has 4 atom stereocenters. The SMILES string of the molecule is CC[C@@H](OC)/C(C)=C/C[C@H](C)/C=C1\CN2CCC[C@H]2[C@@](C)(O)C1. The van der Waals surface area contributed by atoms with Gasteiger partial charge >= 0.3 is 0 Å². The zero-order chi connectivity index (χ0) is 17.0. The summed E-state index contributed by atoms with van der Waals surface area (Å²) in [5.74, 6) is 0.504. The van der Waals surface area contributed by atoms with Gasteiger partial charge in [-0.25, -0.2) is 0 Å². The molecule has 2 heterocycles. The van der Waals surface area contributed by atoms with Gasteiger partial charge in [-0.1, -0.05) is 31.6 Å². The lowest BCUT2D eigenvalue weighted by Crippen LogP contribution is -2.52. The largest absolute Gasteiger partial charge is 0.388 e. The second-order valence-corrected chi connectivity index (χ2v) is 7.78. The number of hydrogen-bond donors (Lipinski definition) is 1. The van der Waals surface area contributed by atoms with Gasteiger partial charge in [-0.3, -0.25) is 4.90 Å². The van der Waals surface area contributed by atoms with Crippen LogP contribution in [0.5, 0.6) is 0 Å². The monoisotopic (exact) mass is 321 g/mol. The van der Waals surface area contributed by atoms with E-state index in [4.69, 9.17) is 4.74 Å². The van der Waals surface area contributed by atoms with Gasteiger partial charge in [0, 0.05) is 19.7 Å². The van der Waals surface area contributed by atoms with Crippen molar-refractivity contribution < 1.29 is 9.84 Å². The molecule has 2 aliphatic heterocycles. The summed E-state index contributed by atoms with van der Waals surface area (Å²) in [6.45, 7) is 10.8. The Balaban J connectivity index is 1.97. The van der Waals surface area contributed by atoms with Crippen LogP contribution in [-0.2, 0) is 4.74 Å². The molecule has 0 aromatic carbocycles. The third kappa shape index (κ3) is 4.68. The lowest BCUT2D eigenvalue weighted by atomic mass is 9.82. The first-order chi connectivity index (χ1) is 10.9. The van der Waals surface area contributed by atoms with E-state index in [0.29, 0.717) is 12.0 Å². The highest BCUT2D eigenvalue weighted by molar-refractivity contribution is 5.18. The molecular formula is C20H35NO2. The van der Waals surface area contributed by atoms with Gasteiger partial charge in [0.1, 0.15) is 0 Å². The molecule has 0 aromatic heterocycles. The molecule has 2 aliphatic rings. The molecule has 0 saturated carbocycles. The fourth-order valence-electron chi connectivity index (χ4n) is 4.37. The Morgan fingerprint density at radius 2 is 2.26 bits per heavy atom. The van der Waals surface area contributed by atoms with E-state index in [9.17, 15) is 5.11 Å². The maximum atomic E-state index is 10.8. The second-order valence-electron chi connectivity index (χ2n) is 7.78. The zero-order valence-electron chi connectivity index (χ0n) is 15.6. The van der Waals surface area contributed by atoms with Crippen LogP contribution in [0.3, 0.4) is 0 Å². The summed E-state index contributed by atoms with van der Waals surface area (Å²) in [6.07, 6.45) is 10.2. The molecule has 3 heteroatoms. The summed E-state index contributed by atoms with van der Waals surface area (Å²) in [5, 5.41) is 10.8. The number of aliphatic hydroxyl groups is 1. The Labute approximate surface area is 142 Å². The van der Waals surface area contributed by atoms with Crippen LogP contribution in [0, 0.1) is 5.92 Å². The predicted molar refractivity (Wildman–Crippen MR) is 96.5 cm³/mol. The van der Waals surface area contributed by atoms with Gasteiger partial charge in [-0.2, -0.15) is 0 Å². The number of hydrogen-bond acceptors (Lipinski definition) is 3. The molecule has 0 aliphatic carbocycles. The third-order valence-corrected chi connectivity index (χ3v) is 5.57. The molecule has 1 N–H and O–H groups in total. The van der Waals surface area contributed by atoms with E-state index in [2.05, 4.69) is 37.8 Å². The quantitative estimate of drug-likeness (QED) is 0.752. The fourth-order valence-corrected chi connectivity index (χ4v) is 4.37. The van der Waals surface area contributed by atoms with Gasteiger partial charge in [0.2, 0.25) is 0 Å². The van der Waals surface area contributed by atoms with E-state index in [-0.39, 0.29) is 6.10 Å². The van der Waals surface area contributed by atoms with Crippen LogP contribution < -0.4 is 0 Å². The molecule has 0 spiro atoms. The first kappa shape index (κ1) is 18.7. The summed E-state index contributed by atoms with van der Waals surface area (Å²) in [6, 6.07) is 0.365. The molecular weight excluding hydrogens is 286 g/mol. The average molecular weight is 322 g/mol. The first-order valence-corrected chi connectivity index (χ1v) is 9.22. The van der Waals surface area contributed by atoms with Crippen LogP contribution >= 0.6 is 0 Å². The highest BCUT2D eigenvalue weighted by Crippen LogP contribution is 2.37. The Bertz CT molecular complexity index is 449. The molecule has 3 nitrogen and oxygen atoms in total. The minimum absolute atomic E-state index is 0.246. The van der Waals surface area contributed by atoms with Crippen LogP contribution in [0.4, 0.5) is 0 Å². The summed E-state index contributed by atoms with van der Waals surface area (Å²) >= 11 is 0. The van der Waals surface area contributed by atoms with Crippen LogP contribution in [0.2, 0.25) is 0 Å². The number of methoxy groups -OCH3 is 1. The van der Waals surface area contributed by atoms with Crippen molar-refractivity contribution in [1.82, 2.24) is 4.90 Å². The molecule has 0 amide bonds. The minimum atomic E-state index is -0.560. The van der Waals surface area contributed by atoms with Gasteiger partial charge in [-0.05, 0) is 64.0 Å². The highest BCUT2D eigenvalue weighted by Gasteiger charge is 2.43. The fraction of sp³-hybridized carbons (Fsp3) is 0.800. The van der Waals surface area contributed by atoms with Crippen molar-refractivity contribution in [2.24, 2.45) is 5.92 Å². The number of piperidine rings is 1. The van der Waals surface area contributed by atoms with Crippen molar-refractivity contribution in [1.29, 1.82) is 0 Å². The van der Waals surface area contributed by atoms with E-state index in [1.807, 2.05) is 6.92 Å². The molecule has 0 unspecified atom stereocenters. The van der Waals surface area contributed by atoms with E-state index >= 15 is 0 Å². The lowest BCUT2D eigenvalue weighted by Gasteiger charge is -2.43. The normalized spacial score (nSPS) is 33.7. The van der Waals surface area contributed by atoms with Crippen molar-refractivity contribution in [2.45, 2.75) is 77.5 Å². The Morgan fingerprint density at radius 3 is 2.91 bits per heavy atom. The number of nitrogens with zero attached hydrogens (tertiary/aromatic N) is 1. The smallest absolute Gasteiger partial charge is 0.0811 e.